The zero-order chi connectivity index (χ0) is 42.5. The summed E-state index contributed by atoms with van der Waals surface area (Å²) >= 11 is 0. The number of rotatable bonds is 10. The van der Waals surface area contributed by atoms with Gasteiger partial charge in [0.15, 0.2) is 5.60 Å². The smallest absolute Gasteiger partial charge is 0.264 e. The maximum atomic E-state index is 15.4. The van der Waals surface area contributed by atoms with Gasteiger partial charge in [0, 0.05) is 30.9 Å². The Balaban J connectivity index is 1.04. The molecule has 1 spiro atoms. The molecule has 312 valence electrons. The second-order valence-electron chi connectivity index (χ2n) is 17.4. The Bertz CT molecular complexity index is 2490. The molecule has 1 N–H and O–H groups in total. The number of para-hydroxylation sites is 1. The number of aliphatic hydroxyl groups excluding tert-OH is 1. The number of hydrogen-bond acceptors (Lipinski definition) is 7. The van der Waals surface area contributed by atoms with Gasteiger partial charge < -0.3 is 24.4 Å². The zero-order valence-corrected chi connectivity index (χ0v) is 36.2. The first-order valence-electron chi connectivity index (χ1n) is 21.3. The molecule has 0 aliphatic carbocycles. The molecule has 5 aromatic rings. The third kappa shape index (κ3) is 7.08. The van der Waals surface area contributed by atoms with Crippen LogP contribution in [0.3, 0.4) is 0 Å². The van der Waals surface area contributed by atoms with Gasteiger partial charge in [0.2, 0.25) is 11.8 Å². The highest BCUT2D eigenvalue weighted by Crippen LogP contribution is 2.60. The number of amides is 3. The monoisotopic (exact) mass is 832 g/mol. The summed E-state index contributed by atoms with van der Waals surface area (Å²) in [7, 11) is -0.861. The number of fused-ring (bicyclic) bond motifs is 3. The molecule has 5 aromatic carbocycles. The summed E-state index contributed by atoms with van der Waals surface area (Å²) in [5.74, 6) is 0.186. The average Bonchev–Trinajstić information content (AvgIpc) is 3.72. The largest absolute Gasteiger partial charge is 0.497 e. The lowest BCUT2D eigenvalue weighted by molar-refractivity contribution is -0.151. The van der Waals surface area contributed by atoms with Crippen molar-refractivity contribution in [1.29, 1.82) is 0 Å². The third-order valence-electron chi connectivity index (χ3n) is 13.7. The first-order chi connectivity index (χ1) is 29.5. The van der Waals surface area contributed by atoms with Gasteiger partial charge in [-0.2, -0.15) is 5.10 Å². The van der Waals surface area contributed by atoms with Crippen molar-refractivity contribution in [2.45, 2.75) is 82.1 Å². The first kappa shape index (κ1) is 40.5. The Labute approximate surface area is 358 Å². The predicted molar refractivity (Wildman–Crippen MR) is 240 cm³/mol. The molecule has 0 saturated carbocycles. The molecule has 3 amide bonds. The van der Waals surface area contributed by atoms with Gasteiger partial charge in [-0.25, -0.2) is 5.01 Å². The van der Waals surface area contributed by atoms with Gasteiger partial charge in [-0.05, 0) is 64.5 Å². The van der Waals surface area contributed by atoms with Gasteiger partial charge in [-0.3, -0.25) is 14.4 Å². The summed E-state index contributed by atoms with van der Waals surface area (Å²) in [6.07, 6.45) is 1.05. The minimum atomic E-state index is -2.52. The van der Waals surface area contributed by atoms with Gasteiger partial charge in [0.25, 0.3) is 5.91 Å². The Morgan fingerprint density at radius 3 is 2.28 bits per heavy atom. The molecule has 11 heteroatoms. The molecular weight excluding hydrogens is 781 g/mol. The fourth-order valence-electron chi connectivity index (χ4n) is 10.5. The number of nitrogens with zero attached hydrogens (tertiary/aromatic N) is 4. The highest BCUT2D eigenvalue weighted by molar-refractivity contribution is 6.91. The Morgan fingerprint density at radius 2 is 1.56 bits per heavy atom. The lowest BCUT2D eigenvalue weighted by Crippen LogP contribution is -2.52. The van der Waals surface area contributed by atoms with E-state index in [9.17, 15) is 14.7 Å². The molecule has 10 nitrogen and oxygen atoms in total. The summed E-state index contributed by atoms with van der Waals surface area (Å²) in [5.41, 5.74) is 5.79. The van der Waals surface area contributed by atoms with Crippen molar-refractivity contribution in [1.82, 2.24) is 4.90 Å². The van der Waals surface area contributed by atoms with Gasteiger partial charge in [0.05, 0.1) is 64.0 Å². The fraction of sp³-hybridized carbons (Fsp3) is 0.320. The molecule has 1 fully saturated rings. The molecule has 0 aromatic heterocycles. The van der Waals surface area contributed by atoms with Gasteiger partial charge in [-0.1, -0.05) is 122 Å². The number of ether oxygens (including phenoxy) is 2. The summed E-state index contributed by atoms with van der Waals surface area (Å²) < 4.78 is 12.8. The average molecular weight is 833 g/mol. The van der Waals surface area contributed by atoms with E-state index in [0.29, 0.717) is 38.0 Å². The van der Waals surface area contributed by atoms with E-state index in [4.69, 9.17) is 14.6 Å². The molecule has 0 unspecified atom stereocenters. The number of hydrazone groups is 1. The molecule has 0 radical (unpaired) electrons. The van der Waals surface area contributed by atoms with Crippen molar-refractivity contribution in [2.24, 2.45) is 11.0 Å². The van der Waals surface area contributed by atoms with E-state index in [0.717, 1.165) is 45.0 Å². The second kappa shape index (κ2) is 16.2. The quantitative estimate of drug-likeness (QED) is 0.148. The van der Waals surface area contributed by atoms with Crippen LogP contribution in [0.5, 0.6) is 5.75 Å². The van der Waals surface area contributed by atoms with Gasteiger partial charge in [0.1, 0.15) is 5.75 Å². The van der Waals surface area contributed by atoms with Crippen LogP contribution in [-0.4, -0.2) is 67.4 Å². The molecular formula is C50H52N4O6Si. The van der Waals surface area contributed by atoms with Crippen LogP contribution in [0, 0.1) is 5.92 Å². The van der Waals surface area contributed by atoms with Crippen LogP contribution in [0.15, 0.2) is 132 Å². The number of carbonyl (C=O) groups is 3. The molecule has 0 bridgehead atoms. The topological polar surface area (TPSA) is 112 Å². The van der Waals surface area contributed by atoms with Crippen LogP contribution < -0.4 is 19.8 Å². The van der Waals surface area contributed by atoms with Crippen LogP contribution in [-0.2, 0) is 44.2 Å². The molecule has 4 heterocycles. The summed E-state index contributed by atoms with van der Waals surface area (Å²) in [4.78, 5) is 46.7. The molecule has 61 heavy (non-hydrogen) atoms. The summed E-state index contributed by atoms with van der Waals surface area (Å²) in [6.45, 7) is 7.33. The van der Waals surface area contributed by atoms with E-state index in [1.54, 1.807) is 7.11 Å². The molecule has 4 aliphatic rings. The van der Waals surface area contributed by atoms with Crippen molar-refractivity contribution in [3.05, 3.63) is 155 Å². The van der Waals surface area contributed by atoms with E-state index >= 15 is 4.79 Å². The van der Waals surface area contributed by atoms with Crippen LogP contribution in [0.2, 0.25) is 18.6 Å². The van der Waals surface area contributed by atoms with Crippen molar-refractivity contribution >= 4 is 48.1 Å². The van der Waals surface area contributed by atoms with Crippen molar-refractivity contribution < 1.29 is 29.0 Å². The minimum Gasteiger partial charge on any atom is -0.497 e. The number of methoxy groups -OCH3 is 1. The highest BCUT2D eigenvalue weighted by atomic mass is 28.3. The Morgan fingerprint density at radius 1 is 0.869 bits per heavy atom. The van der Waals surface area contributed by atoms with Crippen molar-refractivity contribution in [3.63, 3.8) is 0 Å². The van der Waals surface area contributed by atoms with E-state index in [2.05, 4.69) is 38.2 Å². The van der Waals surface area contributed by atoms with Crippen LogP contribution in [0.4, 0.5) is 11.4 Å². The lowest BCUT2D eigenvalue weighted by Gasteiger charge is -2.39. The van der Waals surface area contributed by atoms with E-state index < -0.39 is 19.8 Å². The fourth-order valence-corrected chi connectivity index (χ4v) is 14.5. The van der Waals surface area contributed by atoms with Crippen LogP contribution >= 0.6 is 0 Å². The van der Waals surface area contributed by atoms with E-state index in [1.807, 2.05) is 119 Å². The van der Waals surface area contributed by atoms with Gasteiger partial charge in [-0.15, -0.1) is 0 Å². The van der Waals surface area contributed by atoms with Crippen molar-refractivity contribution in [2.75, 3.05) is 23.6 Å². The standard InChI is InChI=1S/C50H52N4O6Si/c1-33-48(61(3,4)41-24-22-40(59-2)23-25-41)45(29-47(57)52-31-37-15-9-8-14-36(37)28-39(52)32-55)60-50(33)42-16-10-11-17-44(42)53(49(50)58)30-34-18-20-38(21-19-34)54-46(56)27-26-43(51-54)35-12-6-5-7-13-35/h5-25,33,39,45,48,55H,26-32H2,1-4H3/t33-,39+,45+,48-,50+/m1/s1. The SMILES string of the molecule is COc1ccc([Si](C)(C)[C@H]2[C@H](CC(=O)N3Cc4ccccc4C[C@H]3CO)O[C@@]3(C(=O)N(Cc4ccc(N5N=C(c6ccccc6)CCC5=O)cc4)c4ccccc43)[C@@H]2C)cc1. The first-order valence-corrected chi connectivity index (χ1v) is 24.4. The molecule has 1 saturated heterocycles. The predicted octanol–water partition coefficient (Wildman–Crippen LogP) is 7.33. The van der Waals surface area contributed by atoms with Crippen molar-refractivity contribution in [3.8, 4) is 5.75 Å². The maximum Gasteiger partial charge on any atom is 0.264 e. The lowest BCUT2D eigenvalue weighted by atomic mass is 9.82. The van der Waals surface area contributed by atoms with Crippen LogP contribution in [0.1, 0.15) is 54.0 Å². The third-order valence-corrected chi connectivity index (χ3v) is 18.0. The highest BCUT2D eigenvalue weighted by Gasteiger charge is 2.66. The second-order valence-corrected chi connectivity index (χ2v) is 22.1. The van der Waals surface area contributed by atoms with E-state index in [-0.39, 0.29) is 48.3 Å². The van der Waals surface area contributed by atoms with Gasteiger partial charge >= 0.3 is 0 Å². The zero-order valence-electron chi connectivity index (χ0n) is 35.2. The number of aliphatic hydroxyl groups is 1. The molecule has 5 atom stereocenters. The Kier molecular flexibility index (Phi) is 10.8. The molecule has 9 rings (SSSR count). The number of anilines is 2. The Hall–Kier alpha value is -5.88. The van der Waals surface area contributed by atoms with E-state index in [1.165, 1.54) is 10.2 Å². The molecule has 4 aliphatic heterocycles. The normalized spacial score (nSPS) is 23.6. The minimum absolute atomic E-state index is 0.0638. The number of carbonyl (C=O) groups excluding carboxylic acids is 3. The number of benzene rings is 5. The number of hydrogen-bond donors (Lipinski definition) is 1. The maximum absolute atomic E-state index is 15.4. The summed E-state index contributed by atoms with van der Waals surface area (Å²) in [5, 5.41) is 17.9. The summed E-state index contributed by atoms with van der Waals surface area (Å²) in [6, 6.07) is 41.5. The van der Waals surface area contributed by atoms with Crippen LogP contribution in [0.25, 0.3) is 0 Å².